The number of hydrogen-bond donors (Lipinski definition) is 0. The van der Waals surface area contributed by atoms with Crippen LogP contribution < -0.4 is 0 Å². The molecule has 0 amide bonds. The van der Waals surface area contributed by atoms with Crippen molar-refractivity contribution in [3.8, 4) is 0 Å². The number of halogens is 1. The molecule has 1 aromatic carbocycles. The average molecular weight is 229 g/mol. The Bertz CT molecular complexity index is 392. The number of hydrogen-bond acceptors (Lipinski definition) is 0. The normalized spacial score (nSPS) is 38.8. The molecule has 88 valence electrons. The van der Waals surface area contributed by atoms with Gasteiger partial charge in [-0.05, 0) is 43.9 Å². The van der Waals surface area contributed by atoms with Crippen LogP contribution in [-0.4, -0.2) is 0 Å². The molecule has 5 rings (SSSR count). The van der Waals surface area contributed by atoms with Gasteiger partial charge in [-0.1, -0.05) is 0 Å². The predicted molar refractivity (Wildman–Crippen MR) is 65.8 cm³/mol. The van der Waals surface area contributed by atoms with Gasteiger partial charge in [0.1, 0.15) is 11.4 Å². The molecule has 0 unspecified atom stereocenters. The Kier molecular flexibility index (Phi) is 2.06. The summed E-state index contributed by atoms with van der Waals surface area (Å²) in [5.41, 5.74) is 1.32. The van der Waals surface area contributed by atoms with Gasteiger partial charge in [-0.25, -0.2) is 4.39 Å². The van der Waals surface area contributed by atoms with Crippen molar-refractivity contribution in [3.05, 3.63) is 41.6 Å². The van der Waals surface area contributed by atoms with Crippen LogP contribution in [0.3, 0.4) is 0 Å². The van der Waals surface area contributed by atoms with Crippen LogP contribution >= 0.6 is 0 Å². The summed E-state index contributed by atoms with van der Waals surface area (Å²) >= 11 is 0. The summed E-state index contributed by atoms with van der Waals surface area (Å²) in [5.74, 6) is 5.19. The summed E-state index contributed by atoms with van der Waals surface area (Å²) in [4.78, 5) is 0. The van der Waals surface area contributed by atoms with Gasteiger partial charge in [0.25, 0.3) is 0 Å². The van der Waals surface area contributed by atoms with Crippen LogP contribution in [-0.2, 0) is 0 Å². The second-order valence-electron chi connectivity index (χ2n) is 6.27. The van der Waals surface area contributed by atoms with E-state index in [-0.39, 0.29) is 5.82 Å². The molecule has 1 aromatic rings. The van der Waals surface area contributed by atoms with Crippen molar-refractivity contribution in [1.82, 2.24) is 0 Å². The van der Waals surface area contributed by atoms with E-state index in [0.29, 0.717) is 0 Å². The van der Waals surface area contributed by atoms with Crippen molar-refractivity contribution in [2.24, 2.45) is 23.7 Å². The summed E-state index contributed by atoms with van der Waals surface area (Å²) in [6.07, 6.45) is 7.10. The zero-order chi connectivity index (χ0) is 11.4. The summed E-state index contributed by atoms with van der Waals surface area (Å²) in [5, 5.41) is 0. The first-order valence-electron chi connectivity index (χ1n) is 6.92. The molecular weight excluding hydrogens is 211 g/mol. The third kappa shape index (κ3) is 1.51. The van der Waals surface area contributed by atoms with Gasteiger partial charge >= 0.3 is 0 Å². The van der Waals surface area contributed by atoms with Gasteiger partial charge < -0.3 is 0 Å². The molecule has 0 nitrogen and oxygen atoms in total. The minimum Gasteiger partial charge on any atom is -0.204 e. The molecular formula is C16H18F+. The van der Waals surface area contributed by atoms with E-state index < -0.39 is 0 Å². The Balaban J connectivity index is 1.68. The van der Waals surface area contributed by atoms with Gasteiger partial charge in [0.15, 0.2) is 0 Å². The zero-order valence-corrected chi connectivity index (χ0v) is 10.0. The van der Waals surface area contributed by atoms with Crippen molar-refractivity contribution < 1.29 is 4.39 Å². The molecule has 4 bridgehead atoms. The fraction of sp³-hybridized carbons (Fsp3) is 0.562. The fourth-order valence-electron chi connectivity index (χ4n) is 4.81. The lowest BCUT2D eigenvalue weighted by Gasteiger charge is -2.51. The monoisotopic (exact) mass is 229 g/mol. The van der Waals surface area contributed by atoms with E-state index in [1.807, 2.05) is 12.1 Å². The zero-order valence-electron chi connectivity index (χ0n) is 10.0. The highest BCUT2D eigenvalue weighted by atomic mass is 19.1. The van der Waals surface area contributed by atoms with Crippen molar-refractivity contribution in [3.63, 3.8) is 0 Å². The second kappa shape index (κ2) is 3.51. The van der Waals surface area contributed by atoms with Crippen LogP contribution in [0.1, 0.15) is 37.7 Å². The van der Waals surface area contributed by atoms with Gasteiger partial charge in [-0.2, -0.15) is 0 Å². The minimum absolute atomic E-state index is 0.113. The van der Waals surface area contributed by atoms with Crippen molar-refractivity contribution in [1.29, 1.82) is 0 Å². The largest absolute Gasteiger partial charge is 0.204 e. The maximum Gasteiger partial charge on any atom is 0.149 e. The first-order valence-corrected chi connectivity index (χ1v) is 6.92. The Hall–Kier alpha value is -0.980. The summed E-state index contributed by atoms with van der Waals surface area (Å²) in [6.45, 7) is 0. The average Bonchev–Trinajstić information content (AvgIpc) is 2.30. The first-order chi connectivity index (χ1) is 8.29. The summed E-state index contributed by atoms with van der Waals surface area (Å²) in [7, 11) is 0. The lowest BCUT2D eigenvalue weighted by molar-refractivity contribution is 0.0481. The highest BCUT2D eigenvalue weighted by molar-refractivity contribution is 5.36. The van der Waals surface area contributed by atoms with Gasteiger partial charge in [0.2, 0.25) is 0 Å². The molecule has 0 saturated heterocycles. The Morgan fingerprint density at radius 3 is 1.88 bits per heavy atom. The molecule has 0 atom stereocenters. The van der Waals surface area contributed by atoms with Crippen LogP contribution in [0.25, 0.3) is 0 Å². The standard InChI is InChI=1S/C16H18F/c17-15-3-1-12(2-4-15)16-13-6-10-5-11(8-13)9-14(16)7-10/h1-4,10-11,13-14H,5-9H2/q+1. The van der Waals surface area contributed by atoms with Crippen molar-refractivity contribution in [2.75, 3.05) is 0 Å². The molecule has 0 aromatic heterocycles. The molecule has 0 radical (unpaired) electrons. The van der Waals surface area contributed by atoms with E-state index in [9.17, 15) is 4.39 Å². The Morgan fingerprint density at radius 1 is 0.824 bits per heavy atom. The van der Waals surface area contributed by atoms with E-state index in [0.717, 1.165) is 23.7 Å². The maximum absolute atomic E-state index is 13.0. The van der Waals surface area contributed by atoms with E-state index in [2.05, 4.69) is 0 Å². The molecule has 0 aliphatic heterocycles. The van der Waals surface area contributed by atoms with Crippen LogP contribution in [0.4, 0.5) is 4.39 Å². The lowest BCUT2D eigenvalue weighted by atomic mass is 9.51. The molecule has 4 saturated carbocycles. The summed E-state index contributed by atoms with van der Waals surface area (Å²) < 4.78 is 13.0. The molecule has 4 aliphatic carbocycles. The fourth-order valence-corrected chi connectivity index (χ4v) is 4.81. The third-order valence-electron chi connectivity index (χ3n) is 5.20. The van der Waals surface area contributed by atoms with Crippen molar-refractivity contribution in [2.45, 2.75) is 32.1 Å². The van der Waals surface area contributed by atoms with Gasteiger partial charge in [0.05, 0.1) is 0 Å². The maximum atomic E-state index is 13.0. The van der Waals surface area contributed by atoms with E-state index in [1.165, 1.54) is 37.7 Å². The quantitative estimate of drug-likeness (QED) is 0.633. The first kappa shape index (κ1) is 9.99. The third-order valence-corrected chi connectivity index (χ3v) is 5.20. The highest BCUT2D eigenvalue weighted by Gasteiger charge is 2.52. The second-order valence-corrected chi connectivity index (χ2v) is 6.27. The topological polar surface area (TPSA) is 0 Å². The predicted octanol–water partition coefficient (Wildman–Crippen LogP) is 4.20. The van der Waals surface area contributed by atoms with E-state index >= 15 is 0 Å². The minimum atomic E-state index is -0.113. The van der Waals surface area contributed by atoms with Crippen LogP contribution in [0.2, 0.25) is 0 Å². The van der Waals surface area contributed by atoms with E-state index in [1.54, 1.807) is 18.1 Å². The molecule has 4 fully saturated rings. The molecule has 0 heterocycles. The highest BCUT2D eigenvalue weighted by Crippen LogP contribution is 2.59. The molecule has 1 heteroatoms. The van der Waals surface area contributed by atoms with Gasteiger partial charge in [0, 0.05) is 42.0 Å². The Morgan fingerprint density at radius 2 is 1.35 bits per heavy atom. The molecule has 17 heavy (non-hydrogen) atoms. The van der Waals surface area contributed by atoms with Crippen LogP contribution in [0.5, 0.6) is 0 Å². The Labute approximate surface area is 102 Å². The van der Waals surface area contributed by atoms with Crippen molar-refractivity contribution >= 4 is 0 Å². The molecule has 0 N–H and O–H groups in total. The molecule has 0 spiro atoms. The van der Waals surface area contributed by atoms with Crippen LogP contribution in [0.15, 0.2) is 24.3 Å². The van der Waals surface area contributed by atoms with E-state index in [4.69, 9.17) is 0 Å². The van der Waals surface area contributed by atoms with Gasteiger partial charge in [-0.3, -0.25) is 0 Å². The lowest BCUT2D eigenvalue weighted by Crippen LogP contribution is -2.44. The van der Waals surface area contributed by atoms with Crippen LogP contribution in [0, 0.1) is 35.4 Å². The molecule has 4 aliphatic rings. The van der Waals surface area contributed by atoms with Gasteiger partial charge in [-0.15, -0.1) is 0 Å². The number of benzene rings is 1. The number of rotatable bonds is 1. The smallest absolute Gasteiger partial charge is 0.149 e. The summed E-state index contributed by atoms with van der Waals surface area (Å²) in [6, 6.07) is 7.22. The SMILES string of the molecule is Fc1ccc([C+]2C3CC4CC(C3)CC2C4)cc1.